The number of hydrogen-bond acceptors (Lipinski definition) is 5. The SMILES string of the molecule is O=C(NCCCCCCO)c1cn(C2CNC2)nn1. The lowest BCUT2D eigenvalue weighted by molar-refractivity contribution is 0.0947. The van der Waals surface area contributed by atoms with Gasteiger partial charge in [-0.2, -0.15) is 0 Å². The van der Waals surface area contributed by atoms with Gasteiger partial charge in [-0.3, -0.25) is 4.79 Å². The first-order chi connectivity index (χ1) is 9.31. The fraction of sp³-hybridized carbons (Fsp3) is 0.750. The number of carbonyl (C=O) groups excluding carboxylic acids is 1. The van der Waals surface area contributed by atoms with Crippen molar-refractivity contribution >= 4 is 5.91 Å². The van der Waals surface area contributed by atoms with Crippen molar-refractivity contribution in [3.8, 4) is 0 Å². The maximum Gasteiger partial charge on any atom is 0.273 e. The van der Waals surface area contributed by atoms with E-state index in [1.165, 1.54) is 0 Å². The van der Waals surface area contributed by atoms with Crippen LogP contribution < -0.4 is 10.6 Å². The number of aliphatic hydroxyl groups excluding tert-OH is 1. The summed E-state index contributed by atoms with van der Waals surface area (Å²) >= 11 is 0. The van der Waals surface area contributed by atoms with Crippen molar-refractivity contribution in [3.05, 3.63) is 11.9 Å². The van der Waals surface area contributed by atoms with E-state index in [1.807, 2.05) is 0 Å². The molecule has 7 heteroatoms. The molecule has 19 heavy (non-hydrogen) atoms. The van der Waals surface area contributed by atoms with Gasteiger partial charge in [-0.15, -0.1) is 5.10 Å². The fourth-order valence-electron chi connectivity index (χ4n) is 1.90. The van der Waals surface area contributed by atoms with Crippen molar-refractivity contribution in [2.24, 2.45) is 0 Å². The molecule has 1 aliphatic heterocycles. The molecule has 0 unspecified atom stereocenters. The Bertz CT molecular complexity index is 403. The molecule has 0 aromatic carbocycles. The summed E-state index contributed by atoms with van der Waals surface area (Å²) < 4.78 is 1.74. The molecule has 2 rings (SSSR count). The van der Waals surface area contributed by atoms with Gasteiger partial charge in [0, 0.05) is 26.2 Å². The highest BCUT2D eigenvalue weighted by molar-refractivity contribution is 5.91. The van der Waals surface area contributed by atoms with Gasteiger partial charge in [0.2, 0.25) is 0 Å². The summed E-state index contributed by atoms with van der Waals surface area (Å²) in [5.41, 5.74) is 0.377. The van der Waals surface area contributed by atoms with Gasteiger partial charge in [-0.1, -0.05) is 18.1 Å². The lowest BCUT2D eigenvalue weighted by Crippen LogP contribution is -2.43. The zero-order valence-electron chi connectivity index (χ0n) is 11.0. The molecule has 1 aliphatic rings. The third-order valence-corrected chi connectivity index (χ3v) is 3.25. The number of nitrogens with one attached hydrogen (secondary N) is 2. The summed E-state index contributed by atoms with van der Waals surface area (Å²) in [5, 5.41) is 22.5. The van der Waals surface area contributed by atoms with Crippen LogP contribution in [-0.4, -0.2) is 52.2 Å². The van der Waals surface area contributed by atoms with Crippen LogP contribution in [0.4, 0.5) is 0 Å². The third kappa shape index (κ3) is 4.00. The van der Waals surface area contributed by atoms with E-state index in [-0.39, 0.29) is 12.5 Å². The lowest BCUT2D eigenvalue weighted by Gasteiger charge is -2.26. The molecule has 0 bridgehead atoms. The second kappa shape index (κ2) is 7.20. The van der Waals surface area contributed by atoms with Crippen LogP contribution in [0.2, 0.25) is 0 Å². The molecule has 3 N–H and O–H groups in total. The number of rotatable bonds is 8. The second-order valence-electron chi connectivity index (χ2n) is 4.79. The quantitative estimate of drug-likeness (QED) is 0.563. The van der Waals surface area contributed by atoms with Gasteiger partial charge in [-0.05, 0) is 12.8 Å². The van der Waals surface area contributed by atoms with Gasteiger partial charge in [0.15, 0.2) is 5.69 Å². The molecule has 1 amide bonds. The zero-order chi connectivity index (χ0) is 13.5. The average molecular weight is 267 g/mol. The molecule has 7 nitrogen and oxygen atoms in total. The Morgan fingerprint density at radius 1 is 1.42 bits per heavy atom. The minimum atomic E-state index is -0.166. The summed E-state index contributed by atoms with van der Waals surface area (Å²) in [6, 6.07) is 0.326. The predicted octanol–water partition coefficient (Wildman–Crippen LogP) is -0.295. The van der Waals surface area contributed by atoms with Crippen LogP contribution in [0.5, 0.6) is 0 Å². The van der Waals surface area contributed by atoms with Crippen LogP contribution in [0.25, 0.3) is 0 Å². The van der Waals surface area contributed by atoms with Crippen LogP contribution in [0.15, 0.2) is 6.20 Å². The summed E-state index contributed by atoms with van der Waals surface area (Å²) in [5.74, 6) is -0.166. The van der Waals surface area contributed by atoms with Crippen molar-refractivity contribution in [2.45, 2.75) is 31.7 Å². The van der Waals surface area contributed by atoms with E-state index >= 15 is 0 Å². The van der Waals surface area contributed by atoms with Crippen molar-refractivity contribution in [1.82, 2.24) is 25.6 Å². The second-order valence-corrected chi connectivity index (χ2v) is 4.79. The Kier molecular flexibility index (Phi) is 5.29. The molecular weight excluding hydrogens is 246 g/mol. The third-order valence-electron chi connectivity index (χ3n) is 3.25. The van der Waals surface area contributed by atoms with Gasteiger partial charge in [0.1, 0.15) is 0 Å². The van der Waals surface area contributed by atoms with Crippen LogP contribution in [0.3, 0.4) is 0 Å². The highest BCUT2D eigenvalue weighted by Gasteiger charge is 2.21. The minimum absolute atomic E-state index is 0.166. The van der Waals surface area contributed by atoms with Crippen molar-refractivity contribution in [3.63, 3.8) is 0 Å². The van der Waals surface area contributed by atoms with E-state index in [0.717, 1.165) is 38.8 Å². The first kappa shape index (κ1) is 14.0. The molecule has 0 atom stereocenters. The fourth-order valence-corrected chi connectivity index (χ4v) is 1.90. The highest BCUT2D eigenvalue weighted by atomic mass is 16.2. The van der Waals surface area contributed by atoms with Gasteiger partial charge in [-0.25, -0.2) is 4.68 Å². The molecule has 0 spiro atoms. The first-order valence-electron chi connectivity index (χ1n) is 6.83. The Morgan fingerprint density at radius 3 is 2.89 bits per heavy atom. The predicted molar refractivity (Wildman–Crippen MR) is 69.8 cm³/mol. The maximum absolute atomic E-state index is 11.8. The first-order valence-corrected chi connectivity index (χ1v) is 6.83. The van der Waals surface area contributed by atoms with Crippen LogP contribution in [0, 0.1) is 0 Å². The molecule has 2 heterocycles. The molecule has 0 aliphatic carbocycles. The minimum Gasteiger partial charge on any atom is -0.396 e. The maximum atomic E-state index is 11.8. The topological polar surface area (TPSA) is 92.1 Å². The standard InChI is InChI=1S/C12H21N5O2/c18-6-4-2-1-3-5-14-12(19)11-9-17(16-15-11)10-7-13-8-10/h9-10,13,18H,1-8H2,(H,14,19). The van der Waals surface area contributed by atoms with Crippen molar-refractivity contribution in [2.75, 3.05) is 26.2 Å². The summed E-state index contributed by atoms with van der Waals surface area (Å²) in [6.07, 6.45) is 5.47. The molecular formula is C12H21N5O2. The van der Waals surface area contributed by atoms with E-state index in [4.69, 9.17) is 5.11 Å². The number of carbonyl (C=O) groups is 1. The number of hydrogen-bond donors (Lipinski definition) is 3. The lowest BCUT2D eigenvalue weighted by atomic mass is 10.2. The van der Waals surface area contributed by atoms with Gasteiger partial charge >= 0.3 is 0 Å². The summed E-state index contributed by atoms with van der Waals surface area (Å²) in [7, 11) is 0. The largest absolute Gasteiger partial charge is 0.396 e. The molecule has 0 saturated carbocycles. The average Bonchev–Trinajstić information content (AvgIpc) is 2.80. The van der Waals surface area contributed by atoms with E-state index in [1.54, 1.807) is 10.9 Å². The van der Waals surface area contributed by atoms with Crippen LogP contribution >= 0.6 is 0 Å². The summed E-state index contributed by atoms with van der Waals surface area (Å²) in [6.45, 7) is 2.65. The molecule has 106 valence electrons. The molecule has 1 aromatic heterocycles. The van der Waals surface area contributed by atoms with Crippen molar-refractivity contribution in [1.29, 1.82) is 0 Å². The monoisotopic (exact) mass is 267 g/mol. The number of aromatic nitrogens is 3. The zero-order valence-corrected chi connectivity index (χ0v) is 11.0. The van der Waals surface area contributed by atoms with Gasteiger partial charge < -0.3 is 15.7 Å². The van der Waals surface area contributed by atoms with Gasteiger partial charge in [0.25, 0.3) is 5.91 Å². The smallest absolute Gasteiger partial charge is 0.273 e. The number of nitrogens with zero attached hydrogens (tertiary/aromatic N) is 3. The molecule has 1 aromatic rings. The highest BCUT2D eigenvalue weighted by Crippen LogP contribution is 2.09. The number of amides is 1. The Hall–Kier alpha value is -1.47. The van der Waals surface area contributed by atoms with Crippen LogP contribution in [0.1, 0.15) is 42.2 Å². The van der Waals surface area contributed by atoms with E-state index in [9.17, 15) is 4.79 Å². The van der Waals surface area contributed by atoms with Gasteiger partial charge in [0.05, 0.1) is 12.2 Å². The molecule has 1 fully saturated rings. The molecule has 0 radical (unpaired) electrons. The van der Waals surface area contributed by atoms with Crippen LogP contribution in [-0.2, 0) is 0 Å². The van der Waals surface area contributed by atoms with E-state index in [0.29, 0.717) is 18.3 Å². The molecule has 1 saturated heterocycles. The Labute approximate surface area is 112 Å². The normalized spacial score (nSPS) is 15.2. The Balaban J connectivity index is 1.66. The van der Waals surface area contributed by atoms with E-state index < -0.39 is 0 Å². The van der Waals surface area contributed by atoms with Crippen molar-refractivity contribution < 1.29 is 9.90 Å². The number of unbranched alkanes of at least 4 members (excludes halogenated alkanes) is 3. The van der Waals surface area contributed by atoms with E-state index in [2.05, 4.69) is 20.9 Å². The number of aliphatic hydroxyl groups is 1. The summed E-state index contributed by atoms with van der Waals surface area (Å²) in [4.78, 5) is 11.8. The Morgan fingerprint density at radius 2 is 2.21 bits per heavy atom.